The molecule has 0 aliphatic heterocycles. The molecule has 4 nitrogen and oxygen atoms in total. The molecular formula is C12H15BrN2O2. The minimum absolute atomic E-state index is 0.129. The molecule has 0 fully saturated rings. The largest absolute Gasteiger partial charge is 0.347 e. The van der Waals surface area contributed by atoms with Crippen LogP contribution in [-0.2, 0) is 4.79 Å². The van der Waals surface area contributed by atoms with Gasteiger partial charge in [-0.25, -0.2) is 0 Å². The van der Waals surface area contributed by atoms with Crippen LogP contribution in [0.4, 0.5) is 0 Å². The van der Waals surface area contributed by atoms with E-state index >= 15 is 0 Å². The molecule has 1 aromatic carbocycles. The highest BCUT2D eigenvalue weighted by atomic mass is 79.9. The van der Waals surface area contributed by atoms with Gasteiger partial charge in [-0.15, -0.1) is 0 Å². The van der Waals surface area contributed by atoms with Crippen LogP contribution >= 0.6 is 15.9 Å². The van der Waals surface area contributed by atoms with Crippen molar-refractivity contribution in [1.82, 2.24) is 10.2 Å². The summed E-state index contributed by atoms with van der Waals surface area (Å²) in [5.74, 6) is -0.379. The third kappa shape index (κ3) is 3.85. The summed E-state index contributed by atoms with van der Waals surface area (Å²) < 4.78 is 0.909. The van der Waals surface area contributed by atoms with Crippen LogP contribution in [0.15, 0.2) is 28.7 Å². The quantitative estimate of drug-likeness (QED) is 0.922. The Morgan fingerprint density at radius 1 is 1.24 bits per heavy atom. The molecule has 0 heterocycles. The molecule has 17 heavy (non-hydrogen) atoms. The highest BCUT2D eigenvalue weighted by Gasteiger charge is 2.17. The van der Waals surface area contributed by atoms with Crippen molar-refractivity contribution in [2.75, 3.05) is 14.1 Å². The van der Waals surface area contributed by atoms with Crippen LogP contribution in [0.5, 0.6) is 0 Å². The molecule has 0 aromatic heterocycles. The summed E-state index contributed by atoms with van der Waals surface area (Å²) in [5.41, 5.74) is 0.534. The maximum absolute atomic E-state index is 11.8. The summed E-state index contributed by atoms with van der Waals surface area (Å²) in [4.78, 5) is 24.8. The van der Waals surface area contributed by atoms with Gasteiger partial charge in [0.05, 0.1) is 0 Å². The number of hydrogen-bond acceptors (Lipinski definition) is 2. The molecule has 1 aromatic rings. The average Bonchev–Trinajstić information content (AvgIpc) is 2.28. The first kappa shape index (κ1) is 13.7. The first-order valence-corrected chi connectivity index (χ1v) is 5.98. The second-order valence-electron chi connectivity index (χ2n) is 3.93. The number of rotatable bonds is 3. The molecule has 1 N–H and O–H groups in total. The van der Waals surface area contributed by atoms with Crippen LogP contribution in [-0.4, -0.2) is 36.9 Å². The van der Waals surface area contributed by atoms with Crippen LogP contribution in [0, 0.1) is 0 Å². The lowest BCUT2D eigenvalue weighted by Crippen LogP contribution is -2.44. The van der Waals surface area contributed by atoms with Crippen LogP contribution < -0.4 is 5.32 Å². The van der Waals surface area contributed by atoms with E-state index in [-0.39, 0.29) is 11.8 Å². The van der Waals surface area contributed by atoms with Gasteiger partial charge in [0.25, 0.3) is 5.91 Å². The minimum Gasteiger partial charge on any atom is -0.347 e. The summed E-state index contributed by atoms with van der Waals surface area (Å²) >= 11 is 3.30. The highest BCUT2D eigenvalue weighted by molar-refractivity contribution is 9.10. The molecule has 0 spiro atoms. The van der Waals surface area contributed by atoms with E-state index in [4.69, 9.17) is 0 Å². The van der Waals surface area contributed by atoms with Crippen LogP contribution in [0.1, 0.15) is 17.3 Å². The lowest BCUT2D eigenvalue weighted by molar-refractivity contribution is -0.130. The number of carbonyl (C=O) groups is 2. The molecule has 1 atom stereocenters. The molecule has 0 saturated heterocycles. The summed E-state index contributed by atoms with van der Waals surface area (Å²) in [6.45, 7) is 1.67. The smallest absolute Gasteiger partial charge is 0.251 e. The second-order valence-corrected chi connectivity index (χ2v) is 4.85. The maximum atomic E-state index is 11.8. The van der Waals surface area contributed by atoms with Crippen LogP contribution in [0.2, 0.25) is 0 Å². The number of halogens is 1. The fourth-order valence-electron chi connectivity index (χ4n) is 1.33. The molecule has 1 rings (SSSR count). The van der Waals surface area contributed by atoms with Gasteiger partial charge in [0, 0.05) is 24.1 Å². The number of nitrogens with one attached hydrogen (secondary N) is 1. The number of carbonyl (C=O) groups excluding carboxylic acids is 2. The van der Waals surface area contributed by atoms with Crippen molar-refractivity contribution in [3.05, 3.63) is 34.3 Å². The van der Waals surface area contributed by atoms with Crippen molar-refractivity contribution in [3.63, 3.8) is 0 Å². The molecule has 1 unspecified atom stereocenters. The van der Waals surface area contributed by atoms with Crippen molar-refractivity contribution in [1.29, 1.82) is 0 Å². The number of amides is 2. The zero-order valence-electron chi connectivity index (χ0n) is 10.0. The van der Waals surface area contributed by atoms with Crippen LogP contribution in [0.3, 0.4) is 0 Å². The summed E-state index contributed by atoms with van der Waals surface area (Å²) in [6, 6.07) is 6.44. The fraction of sp³-hybridized carbons (Fsp3) is 0.333. The summed E-state index contributed by atoms with van der Waals surface area (Å²) in [5, 5.41) is 2.65. The Hall–Kier alpha value is -1.36. The van der Waals surface area contributed by atoms with Gasteiger partial charge in [0.2, 0.25) is 5.91 Å². The Morgan fingerprint density at radius 2 is 1.76 bits per heavy atom. The highest BCUT2D eigenvalue weighted by Crippen LogP contribution is 2.10. The normalized spacial score (nSPS) is 11.8. The fourth-order valence-corrected chi connectivity index (χ4v) is 1.59. The molecule has 5 heteroatoms. The van der Waals surface area contributed by atoms with Gasteiger partial charge in [0.15, 0.2) is 0 Å². The maximum Gasteiger partial charge on any atom is 0.251 e. The number of hydrogen-bond donors (Lipinski definition) is 1. The number of nitrogens with zero attached hydrogens (tertiary/aromatic N) is 1. The van der Waals surface area contributed by atoms with Gasteiger partial charge in [-0.3, -0.25) is 9.59 Å². The third-order valence-corrected chi connectivity index (χ3v) is 2.79. The van der Waals surface area contributed by atoms with E-state index in [0.29, 0.717) is 5.56 Å². The summed E-state index contributed by atoms with van der Waals surface area (Å²) in [6.07, 6.45) is 0. The molecule has 0 aliphatic carbocycles. The van der Waals surface area contributed by atoms with Crippen molar-refractivity contribution >= 4 is 27.7 Å². The second kappa shape index (κ2) is 5.82. The standard InChI is InChI=1S/C12H15BrN2O2/c1-8(12(17)15(2)3)14-11(16)9-4-6-10(13)7-5-9/h4-8H,1-3H3,(H,14,16). The van der Waals surface area contributed by atoms with Gasteiger partial charge in [-0.1, -0.05) is 15.9 Å². The van der Waals surface area contributed by atoms with E-state index in [0.717, 1.165) is 4.47 Å². The number of benzene rings is 1. The molecule has 0 bridgehead atoms. The zero-order valence-corrected chi connectivity index (χ0v) is 11.6. The average molecular weight is 299 g/mol. The van der Waals surface area contributed by atoms with Gasteiger partial charge in [-0.05, 0) is 31.2 Å². The lowest BCUT2D eigenvalue weighted by atomic mass is 10.2. The Morgan fingerprint density at radius 3 is 2.24 bits per heavy atom. The van der Waals surface area contributed by atoms with E-state index in [1.807, 2.05) is 0 Å². The molecule has 0 radical (unpaired) electrons. The summed E-state index contributed by atoms with van der Waals surface area (Å²) in [7, 11) is 3.31. The monoisotopic (exact) mass is 298 g/mol. The van der Waals surface area contributed by atoms with Crippen molar-refractivity contribution in [3.8, 4) is 0 Å². The van der Waals surface area contributed by atoms with E-state index in [1.54, 1.807) is 45.3 Å². The lowest BCUT2D eigenvalue weighted by Gasteiger charge is -2.17. The van der Waals surface area contributed by atoms with Crippen molar-refractivity contribution < 1.29 is 9.59 Å². The molecular weight excluding hydrogens is 284 g/mol. The third-order valence-electron chi connectivity index (χ3n) is 2.27. The van der Waals surface area contributed by atoms with E-state index in [1.165, 1.54) is 4.90 Å². The molecule has 0 aliphatic rings. The molecule has 0 saturated carbocycles. The van der Waals surface area contributed by atoms with Gasteiger partial charge in [-0.2, -0.15) is 0 Å². The predicted octanol–water partition coefficient (Wildman–Crippen LogP) is 1.66. The first-order chi connectivity index (χ1) is 7.91. The van der Waals surface area contributed by atoms with Crippen LogP contribution in [0.25, 0.3) is 0 Å². The first-order valence-electron chi connectivity index (χ1n) is 5.19. The predicted molar refractivity (Wildman–Crippen MR) is 69.8 cm³/mol. The molecule has 92 valence electrons. The topological polar surface area (TPSA) is 49.4 Å². The van der Waals surface area contributed by atoms with E-state index in [9.17, 15) is 9.59 Å². The minimum atomic E-state index is -0.527. The van der Waals surface area contributed by atoms with Crippen molar-refractivity contribution in [2.45, 2.75) is 13.0 Å². The Labute approximate surface area is 109 Å². The van der Waals surface area contributed by atoms with Gasteiger partial charge in [0.1, 0.15) is 6.04 Å². The van der Waals surface area contributed by atoms with Crippen molar-refractivity contribution in [2.24, 2.45) is 0 Å². The Balaban J connectivity index is 2.66. The number of likely N-dealkylation sites (N-methyl/N-ethyl adjacent to an activating group) is 1. The van der Waals surface area contributed by atoms with Gasteiger partial charge < -0.3 is 10.2 Å². The van der Waals surface area contributed by atoms with E-state index < -0.39 is 6.04 Å². The van der Waals surface area contributed by atoms with E-state index in [2.05, 4.69) is 21.2 Å². The van der Waals surface area contributed by atoms with Gasteiger partial charge >= 0.3 is 0 Å². The Kier molecular flexibility index (Phi) is 4.69. The zero-order chi connectivity index (χ0) is 13.0. The SMILES string of the molecule is CC(NC(=O)c1ccc(Br)cc1)C(=O)N(C)C. The Bertz CT molecular complexity index is 415. The molecule has 2 amide bonds.